The van der Waals surface area contributed by atoms with E-state index in [9.17, 15) is 4.79 Å². The molecule has 4 nitrogen and oxygen atoms in total. The third-order valence-corrected chi connectivity index (χ3v) is 4.72. The lowest BCUT2D eigenvalue weighted by Gasteiger charge is -2.09. The molecule has 0 aliphatic heterocycles. The summed E-state index contributed by atoms with van der Waals surface area (Å²) in [6, 6.07) is 27.3. The van der Waals surface area contributed by atoms with Gasteiger partial charge < -0.3 is 10.1 Å². The summed E-state index contributed by atoms with van der Waals surface area (Å²) in [5, 5.41) is 3.93. The Labute approximate surface area is 170 Å². The Morgan fingerprint density at radius 1 is 0.897 bits per heavy atom. The number of pyridine rings is 1. The average Bonchev–Trinajstić information content (AvgIpc) is 2.77. The molecule has 4 rings (SSSR count). The fourth-order valence-corrected chi connectivity index (χ4v) is 3.10. The Morgan fingerprint density at radius 2 is 1.69 bits per heavy atom. The molecule has 0 aliphatic rings. The number of hydrogen-bond acceptors (Lipinski definition) is 3. The number of nitrogens with zero attached hydrogens (tertiary/aromatic N) is 1. The van der Waals surface area contributed by atoms with Crippen molar-refractivity contribution in [1.29, 1.82) is 0 Å². The molecular formula is C25H22N2O2. The van der Waals surface area contributed by atoms with Crippen molar-refractivity contribution >= 4 is 16.8 Å². The molecule has 3 aromatic carbocycles. The maximum Gasteiger partial charge on any atom is 0.251 e. The summed E-state index contributed by atoms with van der Waals surface area (Å²) in [4.78, 5) is 17.0. The number of amides is 1. The zero-order chi connectivity index (χ0) is 20.1. The molecule has 1 N–H and O–H groups in total. The number of aromatic nitrogens is 1. The van der Waals surface area contributed by atoms with E-state index in [4.69, 9.17) is 4.74 Å². The topological polar surface area (TPSA) is 51.2 Å². The number of carbonyl (C=O) groups excluding carboxylic acids is 1. The first-order valence-corrected chi connectivity index (χ1v) is 9.59. The summed E-state index contributed by atoms with van der Waals surface area (Å²) in [5.74, 6) is 0.707. The number of carbonyl (C=O) groups is 1. The fraction of sp³-hybridized carbons (Fsp3) is 0.120. The lowest BCUT2D eigenvalue weighted by Crippen LogP contribution is -2.22. The van der Waals surface area contributed by atoms with Crippen molar-refractivity contribution in [3.8, 4) is 5.75 Å². The van der Waals surface area contributed by atoms with Gasteiger partial charge in [0.05, 0.1) is 5.52 Å². The summed E-state index contributed by atoms with van der Waals surface area (Å²) in [6.45, 7) is 2.95. The zero-order valence-corrected chi connectivity index (χ0v) is 16.3. The summed E-state index contributed by atoms with van der Waals surface area (Å²) < 4.78 is 5.80. The Hall–Kier alpha value is -3.66. The third kappa shape index (κ3) is 4.79. The van der Waals surface area contributed by atoms with Crippen molar-refractivity contribution in [2.75, 3.05) is 0 Å². The van der Waals surface area contributed by atoms with Crippen LogP contribution in [0.3, 0.4) is 0 Å². The van der Waals surface area contributed by atoms with Gasteiger partial charge in [-0.1, -0.05) is 48.5 Å². The van der Waals surface area contributed by atoms with Crippen LogP contribution in [0.5, 0.6) is 5.75 Å². The van der Waals surface area contributed by atoms with Crippen LogP contribution in [0.4, 0.5) is 0 Å². The van der Waals surface area contributed by atoms with E-state index in [0.717, 1.165) is 33.5 Å². The third-order valence-electron chi connectivity index (χ3n) is 4.72. The van der Waals surface area contributed by atoms with Crippen molar-refractivity contribution in [2.45, 2.75) is 20.1 Å². The van der Waals surface area contributed by atoms with E-state index in [1.54, 1.807) is 0 Å². The van der Waals surface area contributed by atoms with Crippen molar-refractivity contribution < 1.29 is 9.53 Å². The highest BCUT2D eigenvalue weighted by Gasteiger charge is 2.07. The molecule has 1 aromatic heterocycles. The van der Waals surface area contributed by atoms with E-state index < -0.39 is 0 Å². The largest absolute Gasteiger partial charge is 0.489 e. The number of rotatable bonds is 6. The predicted octanol–water partition coefficient (Wildman–Crippen LogP) is 5.05. The highest BCUT2D eigenvalue weighted by atomic mass is 16.5. The lowest BCUT2D eigenvalue weighted by atomic mass is 10.1. The lowest BCUT2D eigenvalue weighted by molar-refractivity contribution is 0.0951. The monoisotopic (exact) mass is 382 g/mol. The number of hydrogen-bond donors (Lipinski definition) is 1. The van der Waals surface area contributed by atoms with Gasteiger partial charge in [-0.25, -0.2) is 0 Å². The number of aryl methyl sites for hydroxylation is 1. The number of benzene rings is 3. The molecule has 0 fully saturated rings. The van der Waals surface area contributed by atoms with Gasteiger partial charge in [0.25, 0.3) is 5.91 Å². The quantitative estimate of drug-likeness (QED) is 0.508. The summed E-state index contributed by atoms with van der Waals surface area (Å²) >= 11 is 0. The van der Waals surface area contributed by atoms with Gasteiger partial charge in [0.2, 0.25) is 0 Å². The van der Waals surface area contributed by atoms with Crippen LogP contribution in [0.1, 0.15) is 27.2 Å². The van der Waals surface area contributed by atoms with Crippen molar-refractivity contribution in [3.05, 3.63) is 107 Å². The molecule has 0 saturated heterocycles. The van der Waals surface area contributed by atoms with Crippen LogP contribution in [0.2, 0.25) is 0 Å². The molecular weight excluding hydrogens is 360 g/mol. The Bertz CT molecular complexity index is 1120. The molecule has 4 aromatic rings. The number of nitrogens with one attached hydrogen (secondary N) is 1. The molecule has 4 heteroatoms. The van der Waals surface area contributed by atoms with E-state index in [0.29, 0.717) is 18.7 Å². The van der Waals surface area contributed by atoms with E-state index in [-0.39, 0.29) is 5.91 Å². The van der Waals surface area contributed by atoms with Crippen LogP contribution in [-0.2, 0) is 13.2 Å². The standard InChI is InChI=1S/C25H22N2O2/c1-18-7-10-21-15-22(11-14-24(21)27-18)25(28)26-16-19-8-12-23(13-9-19)29-17-20-5-3-2-4-6-20/h2-15H,16-17H2,1H3,(H,26,28). The van der Waals surface area contributed by atoms with Crippen molar-refractivity contribution in [2.24, 2.45) is 0 Å². The van der Waals surface area contributed by atoms with Gasteiger partial charge in [0, 0.05) is 23.2 Å². The van der Waals surface area contributed by atoms with Gasteiger partial charge in [0.1, 0.15) is 12.4 Å². The maximum atomic E-state index is 12.5. The normalized spacial score (nSPS) is 10.7. The minimum absolute atomic E-state index is 0.100. The van der Waals surface area contributed by atoms with Gasteiger partial charge >= 0.3 is 0 Å². The smallest absolute Gasteiger partial charge is 0.251 e. The average molecular weight is 382 g/mol. The van der Waals surface area contributed by atoms with Crippen LogP contribution in [0.15, 0.2) is 84.9 Å². The molecule has 0 bridgehead atoms. The van der Waals surface area contributed by atoms with E-state index in [1.807, 2.05) is 91.9 Å². The van der Waals surface area contributed by atoms with Crippen LogP contribution < -0.4 is 10.1 Å². The summed E-state index contributed by atoms with van der Waals surface area (Å²) in [6.07, 6.45) is 0. The second-order valence-corrected chi connectivity index (χ2v) is 6.96. The SMILES string of the molecule is Cc1ccc2cc(C(=O)NCc3ccc(OCc4ccccc4)cc3)ccc2n1. The number of ether oxygens (including phenoxy) is 1. The van der Waals surface area contributed by atoms with Gasteiger partial charge in [-0.05, 0) is 54.4 Å². The van der Waals surface area contributed by atoms with E-state index in [2.05, 4.69) is 10.3 Å². The molecule has 0 atom stereocenters. The zero-order valence-electron chi connectivity index (χ0n) is 16.3. The molecule has 0 spiro atoms. The molecule has 0 aliphatic carbocycles. The van der Waals surface area contributed by atoms with Crippen molar-refractivity contribution in [1.82, 2.24) is 10.3 Å². The van der Waals surface area contributed by atoms with Gasteiger partial charge in [-0.2, -0.15) is 0 Å². The molecule has 0 radical (unpaired) electrons. The fourth-order valence-electron chi connectivity index (χ4n) is 3.10. The number of fused-ring (bicyclic) bond motifs is 1. The van der Waals surface area contributed by atoms with Crippen molar-refractivity contribution in [3.63, 3.8) is 0 Å². The van der Waals surface area contributed by atoms with Crippen LogP contribution in [0.25, 0.3) is 10.9 Å². The first kappa shape index (κ1) is 18.7. The Kier molecular flexibility index (Phi) is 5.52. The molecule has 0 saturated carbocycles. The molecule has 1 amide bonds. The molecule has 144 valence electrons. The Balaban J connectivity index is 1.33. The molecule has 29 heavy (non-hydrogen) atoms. The second-order valence-electron chi connectivity index (χ2n) is 6.96. The first-order valence-electron chi connectivity index (χ1n) is 9.59. The highest BCUT2D eigenvalue weighted by molar-refractivity contribution is 5.97. The Morgan fingerprint density at radius 3 is 2.48 bits per heavy atom. The second kappa shape index (κ2) is 8.57. The predicted molar refractivity (Wildman–Crippen MR) is 115 cm³/mol. The van der Waals surface area contributed by atoms with Crippen LogP contribution in [-0.4, -0.2) is 10.9 Å². The van der Waals surface area contributed by atoms with Crippen LogP contribution in [0, 0.1) is 6.92 Å². The first-order chi connectivity index (χ1) is 14.2. The van der Waals surface area contributed by atoms with Gasteiger partial charge in [-0.3, -0.25) is 9.78 Å². The molecule has 1 heterocycles. The maximum absolute atomic E-state index is 12.5. The van der Waals surface area contributed by atoms with Crippen LogP contribution >= 0.6 is 0 Å². The van der Waals surface area contributed by atoms with Gasteiger partial charge in [0.15, 0.2) is 0 Å². The minimum Gasteiger partial charge on any atom is -0.489 e. The highest BCUT2D eigenvalue weighted by Crippen LogP contribution is 2.16. The molecule has 0 unspecified atom stereocenters. The van der Waals surface area contributed by atoms with Gasteiger partial charge in [-0.15, -0.1) is 0 Å². The minimum atomic E-state index is -0.100. The van der Waals surface area contributed by atoms with E-state index >= 15 is 0 Å². The summed E-state index contributed by atoms with van der Waals surface area (Å²) in [5.41, 5.74) is 4.64. The summed E-state index contributed by atoms with van der Waals surface area (Å²) in [7, 11) is 0. The van der Waals surface area contributed by atoms with E-state index in [1.165, 1.54) is 0 Å².